The molecule has 1 N–H and O–H groups in total. The average Bonchev–Trinajstić information content (AvgIpc) is 2.67. The van der Waals surface area contributed by atoms with Crippen LogP contribution in [0.25, 0.3) is 0 Å². The lowest BCUT2D eigenvalue weighted by molar-refractivity contribution is -0.129. The Hall–Kier alpha value is -3.32. The van der Waals surface area contributed by atoms with Gasteiger partial charge in [0.25, 0.3) is 0 Å². The average molecular weight is 347 g/mol. The van der Waals surface area contributed by atoms with Crippen molar-refractivity contribution in [2.45, 2.75) is 20.3 Å². The summed E-state index contributed by atoms with van der Waals surface area (Å²) in [5, 5.41) is 2.88. The molecule has 0 aliphatic carbocycles. The minimum atomic E-state index is -0.496. The first-order valence-electron chi connectivity index (χ1n) is 8.39. The van der Waals surface area contributed by atoms with E-state index >= 15 is 0 Å². The second kappa shape index (κ2) is 9.24. The van der Waals surface area contributed by atoms with Crippen molar-refractivity contribution in [2.24, 2.45) is 5.92 Å². The lowest BCUT2D eigenvalue weighted by Crippen LogP contribution is -2.19. The van der Waals surface area contributed by atoms with E-state index < -0.39 is 5.97 Å². The summed E-state index contributed by atoms with van der Waals surface area (Å²) >= 11 is 0. The van der Waals surface area contributed by atoms with Crippen LogP contribution < -0.4 is 10.1 Å². The molecule has 132 valence electrons. The van der Waals surface area contributed by atoms with Gasteiger partial charge in [0.05, 0.1) is 0 Å². The van der Waals surface area contributed by atoms with Crippen LogP contribution in [0.2, 0.25) is 0 Å². The molecule has 0 fully saturated rings. The normalized spacial score (nSPS) is 10.8. The first kappa shape index (κ1) is 19.0. The molecule has 0 aromatic heterocycles. The highest BCUT2D eigenvalue weighted by atomic mass is 16.5. The van der Waals surface area contributed by atoms with Gasteiger partial charge in [-0.25, -0.2) is 4.79 Å². The number of esters is 1. The van der Waals surface area contributed by atoms with Crippen LogP contribution in [0.5, 0.6) is 5.75 Å². The van der Waals surface area contributed by atoms with Gasteiger partial charge in [0, 0.05) is 28.8 Å². The maximum atomic E-state index is 11.9. The third kappa shape index (κ3) is 5.64. The maximum absolute atomic E-state index is 11.9. The number of ether oxygens (including phenoxy) is 1. The molecule has 0 aliphatic heterocycles. The minimum absolute atomic E-state index is 0.0109. The standard InChI is InChI=1S/C22H21NO3/c1-4-16(3)22(25)23-19-12-8-17(9-13-19)6-7-18-10-14-20(15-11-18)26-21(24)5-2/h5,8-16H,2,4H2,1,3H3,(H,23,25). The molecule has 1 atom stereocenters. The Morgan fingerprint density at radius 3 is 2.12 bits per heavy atom. The molecule has 2 aromatic rings. The number of rotatable bonds is 5. The molecule has 0 radical (unpaired) electrons. The van der Waals surface area contributed by atoms with E-state index in [2.05, 4.69) is 23.7 Å². The number of carbonyl (C=O) groups excluding carboxylic acids is 2. The highest BCUT2D eigenvalue weighted by molar-refractivity contribution is 5.92. The Labute approximate surface area is 153 Å². The lowest BCUT2D eigenvalue weighted by Gasteiger charge is -2.09. The monoisotopic (exact) mass is 347 g/mol. The number of anilines is 1. The number of hydrogen-bond donors (Lipinski definition) is 1. The summed E-state index contributed by atoms with van der Waals surface area (Å²) in [5.74, 6) is 6.06. The molecular formula is C22H21NO3. The first-order valence-corrected chi connectivity index (χ1v) is 8.39. The zero-order valence-electron chi connectivity index (χ0n) is 14.9. The summed E-state index contributed by atoms with van der Waals surface area (Å²) in [6.45, 7) is 7.24. The molecule has 2 rings (SSSR count). The molecule has 26 heavy (non-hydrogen) atoms. The van der Waals surface area contributed by atoms with Crippen LogP contribution in [0.1, 0.15) is 31.4 Å². The van der Waals surface area contributed by atoms with E-state index in [1.807, 2.05) is 38.1 Å². The summed E-state index contributed by atoms with van der Waals surface area (Å²) in [7, 11) is 0. The van der Waals surface area contributed by atoms with Gasteiger partial charge in [-0.05, 0) is 55.0 Å². The molecule has 1 amide bonds. The highest BCUT2D eigenvalue weighted by Crippen LogP contribution is 2.13. The fourth-order valence-corrected chi connectivity index (χ4v) is 2.00. The molecule has 0 aliphatic rings. The SMILES string of the molecule is C=CC(=O)Oc1ccc(C#Cc2ccc(NC(=O)C(C)CC)cc2)cc1. The van der Waals surface area contributed by atoms with Crippen LogP contribution in [0.4, 0.5) is 5.69 Å². The number of hydrogen-bond acceptors (Lipinski definition) is 3. The summed E-state index contributed by atoms with van der Waals surface area (Å²) in [6.07, 6.45) is 1.92. The van der Waals surface area contributed by atoms with E-state index in [1.54, 1.807) is 24.3 Å². The van der Waals surface area contributed by atoms with Crippen molar-refractivity contribution in [1.29, 1.82) is 0 Å². The Morgan fingerprint density at radius 2 is 1.62 bits per heavy atom. The summed E-state index contributed by atoms with van der Waals surface area (Å²) in [4.78, 5) is 23.0. The van der Waals surface area contributed by atoms with Gasteiger partial charge in [-0.1, -0.05) is 32.3 Å². The molecule has 0 saturated carbocycles. The number of carbonyl (C=O) groups is 2. The van der Waals surface area contributed by atoms with E-state index in [0.717, 1.165) is 29.3 Å². The van der Waals surface area contributed by atoms with E-state index in [1.165, 1.54) is 0 Å². The van der Waals surface area contributed by atoms with Crippen molar-refractivity contribution in [3.63, 3.8) is 0 Å². The number of amides is 1. The van der Waals surface area contributed by atoms with Crippen molar-refractivity contribution in [3.05, 3.63) is 72.3 Å². The topological polar surface area (TPSA) is 55.4 Å². The third-order valence-corrected chi connectivity index (χ3v) is 3.80. The Morgan fingerprint density at radius 1 is 1.08 bits per heavy atom. The molecule has 1 unspecified atom stereocenters. The molecule has 4 nitrogen and oxygen atoms in total. The lowest BCUT2D eigenvalue weighted by atomic mass is 10.1. The minimum Gasteiger partial charge on any atom is -0.423 e. The Kier molecular flexibility index (Phi) is 6.75. The predicted molar refractivity (Wildman–Crippen MR) is 103 cm³/mol. The van der Waals surface area contributed by atoms with Crippen molar-refractivity contribution in [3.8, 4) is 17.6 Å². The fraction of sp³-hybridized carbons (Fsp3) is 0.182. The van der Waals surface area contributed by atoms with Crippen molar-refractivity contribution < 1.29 is 14.3 Å². The molecule has 0 spiro atoms. The van der Waals surface area contributed by atoms with Gasteiger partial charge in [0.1, 0.15) is 5.75 Å². The largest absolute Gasteiger partial charge is 0.423 e. The van der Waals surface area contributed by atoms with Crippen molar-refractivity contribution >= 4 is 17.6 Å². The van der Waals surface area contributed by atoms with Gasteiger partial charge in [-0.2, -0.15) is 0 Å². The molecule has 2 aromatic carbocycles. The molecule has 4 heteroatoms. The van der Waals surface area contributed by atoms with Gasteiger partial charge < -0.3 is 10.1 Å². The summed E-state index contributed by atoms with van der Waals surface area (Å²) < 4.78 is 5.01. The predicted octanol–water partition coefficient (Wildman–Crippen LogP) is 4.16. The van der Waals surface area contributed by atoms with Crippen LogP contribution in [0, 0.1) is 17.8 Å². The third-order valence-electron chi connectivity index (χ3n) is 3.80. The molecule has 0 bridgehead atoms. The van der Waals surface area contributed by atoms with Gasteiger partial charge in [-0.15, -0.1) is 0 Å². The van der Waals surface area contributed by atoms with E-state index in [9.17, 15) is 9.59 Å². The zero-order chi connectivity index (χ0) is 18.9. The van der Waals surface area contributed by atoms with Gasteiger partial charge in [-0.3, -0.25) is 4.79 Å². The van der Waals surface area contributed by atoms with Crippen LogP contribution in [-0.2, 0) is 9.59 Å². The summed E-state index contributed by atoms with van der Waals surface area (Å²) in [6, 6.07) is 14.3. The van der Waals surface area contributed by atoms with Gasteiger partial charge in [0.2, 0.25) is 5.91 Å². The van der Waals surface area contributed by atoms with Crippen molar-refractivity contribution in [1.82, 2.24) is 0 Å². The summed E-state index contributed by atoms with van der Waals surface area (Å²) in [5.41, 5.74) is 2.40. The van der Waals surface area contributed by atoms with E-state index in [-0.39, 0.29) is 11.8 Å². The highest BCUT2D eigenvalue weighted by Gasteiger charge is 2.09. The van der Waals surface area contributed by atoms with E-state index in [0.29, 0.717) is 5.75 Å². The Bertz CT molecular complexity index is 840. The second-order valence-electron chi connectivity index (χ2n) is 5.78. The maximum Gasteiger partial charge on any atom is 0.335 e. The van der Waals surface area contributed by atoms with Crippen LogP contribution in [0.3, 0.4) is 0 Å². The van der Waals surface area contributed by atoms with Gasteiger partial charge >= 0.3 is 5.97 Å². The quantitative estimate of drug-likeness (QED) is 0.382. The number of benzene rings is 2. The molecule has 0 heterocycles. The van der Waals surface area contributed by atoms with Crippen LogP contribution in [-0.4, -0.2) is 11.9 Å². The first-order chi connectivity index (χ1) is 12.5. The van der Waals surface area contributed by atoms with Crippen molar-refractivity contribution in [2.75, 3.05) is 5.32 Å². The number of nitrogens with one attached hydrogen (secondary N) is 1. The van der Waals surface area contributed by atoms with Crippen LogP contribution in [0.15, 0.2) is 61.2 Å². The van der Waals surface area contributed by atoms with Gasteiger partial charge in [0.15, 0.2) is 0 Å². The smallest absolute Gasteiger partial charge is 0.335 e. The molecular weight excluding hydrogens is 326 g/mol. The second-order valence-corrected chi connectivity index (χ2v) is 5.78. The van der Waals surface area contributed by atoms with E-state index in [4.69, 9.17) is 4.74 Å². The Balaban J connectivity index is 2.00. The zero-order valence-corrected chi connectivity index (χ0v) is 14.9. The molecule has 0 saturated heterocycles. The fourth-order valence-electron chi connectivity index (χ4n) is 2.00. The van der Waals surface area contributed by atoms with Crippen LogP contribution >= 0.6 is 0 Å².